The van der Waals surface area contributed by atoms with Gasteiger partial charge >= 0.3 is 6.18 Å². The molecule has 0 amide bonds. The minimum atomic E-state index is -4.37. The largest absolute Gasteiger partial charge is 0.417 e. The average molecular weight is 645 g/mol. The van der Waals surface area contributed by atoms with Gasteiger partial charge in [-0.25, -0.2) is 0 Å². The first-order valence-corrected chi connectivity index (χ1v) is 16.4. The highest BCUT2D eigenvalue weighted by molar-refractivity contribution is 6.30. The molecule has 0 radical (unpaired) electrons. The summed E-state index contributed by atoms with van der Waals surface area (Å²) in [6, 6.07) is 2.84. The van der Waals surface area contributed by atoms with E-state index in [0.717, 1.165) is 70.5 Å². The van der Waals surface area contributed by atoms with Crippen molar-refractivity contribution in [3.63, 3.8) is 0 Å². The number of hydrogen-bond acceptors (Lipinski definition) is 8. The smallest absolute Gasteiger partial charge is 0.356 e. The minimum Gasteiger partial charge on any atom is -0.356 e. The van der Waals surface area contributed by atoms with E-state index in [1.807, 2.05) is 44.8 Å². The van der Waals surface area contributed by atoms with Gasteiger partial charge in [-0.15, -0.1) is 0 Å². The molecule has 1 N–H and O–H groups in total. The molecule has 5 rings (SSSR count). The molecular formula is C35H51F3N6O2. The average Bonchev–Trinajstić information content (AvgIpc) is 3.70. The second-order valence-corrected chi connectivity index (χ2v) is 10.6. The van der Waals surface area contributed by atoms with E-state index in [-0.39, 0.29) is 12.1 Å². The van der Waals surface area contributed by atoms with Crippen LogP contribution in [0.15, 0.2) is 77.1 Å². The molecule has 0 saturated carbocycles. The Labute approximate surface area is 272 Å². The molecule has 0 aromatic carbocycles. The molecule has 2 saturated heterocycles. The molecule has 1 aromatic rings. The van der Waals surface area contributed by atoms with E-state index in [1.165, 1.54) is 18.1 Å². The molecule has 4 heterocycles. The summed E-state index contributed by atoms with van der Waals surface area (Å²) < 4.78 is 43.4. The van der Waals surface area contributed by atoms with E-state index >= 15 is 0 Å². The Morgan fingerprint density at radius 2 is 1.96 bits per heavy atom. The molecule has 3 atom stereocenters. The first-order valence-electron chi connectivity index (χ1n) is 16.4. The number of allylic oxidation sites excluding steroid dienone is 6. The number of hydrazone groups is 2. The van der Waals surface area contributed by atoms with Crippen molar-refractivity contribution < 1.29 is 22.7 Å². The number of nitrogens with zero attached hydrogens (tertiary/aromatic N) is 5. The quantitative estimate of drug-likeness (QED) is 0.142. The predicted molar refractivity (Wildman–Crippen MR) is 181 cm³/mol. The number of fused-ring (bicyclic) bond motifs is 1. The van der Waals surface area contributed by atoms with Gasteiger partial charge in [0, 0.05) is 37.9 Å². The van der Waals surface area contributed by atoms with Crippen LogP contribution in [-0.4, -0.2) is 78.3 Å². The summed E-state index contributed by atoms with van der Waals surface area (Å²) in [6.45, 7) is 15.2. The summed E-state index contributed by atoms with van der Waals surface area (Å²) in [5.74, 6) is -0.00560. The zero-order chi connectivity index (χ0) is 34.0. The second-order valence-electron chi connectivity index (χ2n) is 10.6. The molecule has 4 aliphatic rings. The van der Waals surface area contributed by atoms with Gasteiger partial charge in [0.15, 0.2) is 12.5 Å². The summed E-state index contributed by atoms with van der Waals surface area (Å²) in [4.78, 5) is 15.1. The standard InChI is InChI=1S/C16H21F3N4.C15H18N2O2.2C2H6/c1-3-13(22-23(2)11-15-5-4-8-20-15)9-14-7-6-12(10-21-14)16(17,18)19;18-11-13-14(12-7-4-2-1-3-5-8-12)15-17(16-13)9-6-10-19-15;2*1-2/h3,6-7,10,15,20H,1,4-5,8-9,11H2,2H3;1-4,8,11,14-15H,5-7,9-10H2;2*1-2H3/b22-13+;3-1-,4-2-,12-8?;;/t15-;;;/m0.../s1. The fourth-order valence-corrected chi connectivity index (χ4v) is 5.36. The van der Waals surface area contributed by atoms with E-state index < -0.39 is 11.7 Å². The normalized spacial score (nSPS) is 23.6. The molecular weight excluding hydrogens is 593 g/mol. The van der Waals surface area contributed by atoms with Crippen LogP contribution in [0.5, 0.6) is 0 Å². The topological polar surface area (TPSA) is 82.4 Å². The molecule has 2 fully saturated rings. The molecule has 0 spiro atoms. The number of carbonyl (C=O) groups excluding carboxylic acids is 1. The van der Waals surface area contributed by atoms with Gasteiger partial charge in [-0.3, -0.25) is 19.8 Å². The Morgan fingerprint density at radius 3 is 2.59 bits per heavy atom. The van der Waals surface area contributed by atoms with Crippen molar-refractivity contribution in [2.24, 2.45) is 16.1 Å². The number of carbonyl (C=O) groups is 1. The Hall–Kier alpha value is -3.57. The van der Waals surface area contributed by atoms with E-state index in [2.05, 4.69) is 57.5 Å². The minimum absolute atomic E-state index is 0.00560. The number of halogens is 3. The summed E-state index contributed by atoms with van der Waals surface area (Å²) in [7, 11) is 1.88. The number of alkyl halides is 3. The van der Waals surface area contributed by atoms with Crippen LogP contribution in [0.25, 0.3) is 0 Å². The lowest BCUT2D eigenvalue weighted by Crippen LogP contribution is -2.41. The maximum atomic E-state index is 12.5. The number of aldehydes is 1. The van der Waals surface area contributed by atoms with Crippen molar-refractivity contribution in [1.29, 1.82) is 0 Å². The van der Waals surface area contributed by atoms with Crippen molar-refractivity contribution in [3.8, 4) is 0 Å². The highest BCUT2D eigenvalue weighted by Gasteiger charge is 2.41. The number of aromatic nitrogens is 1. The molecule has 3 aliphatic heterocycles. The fraction of sp³-hybridized carbons (Fsp3) is 0.543. The van der Waals surface area contributed by atoms with Gasteiger partial charge in [-0.2, -0.15) is 23.4 Å². The molecule has 46 heavy (non-hydrogen) atoms. The van der Waals surface area contributed by atoms with Crippen LogP contribution in [0, 0.1) is 5.92 Å². The van der Waals surface area contributed by atoms with Crippen LogP contribution in [-0.2, 0) is 22.1 Å². The highest BCUT2D eigenvalue weighted by atomic mass is 19.4. The Bertz CT molecular complexity index is 1220. The van der Waals surface area contributed by atoms with Gasteiger partial charge in [-0.1, -0.05) is 70.2 Å². The summed E-state index contributed by atoms with van der Waals surface area (Å²) in [6.07, 6.45) is 14.8. The summed E-state index contributed by atoms with van der Waals surface area (Å²) >= 11 is 0. The summed E-state index contributed by atoms with van der Waals surface area (Å²) in [5, 5.41) is 16.0. The molecule has 1 aromatic heterocycles. The summed E-state index contributed by atoms with van der Waals surface area (Å²) in [5.41, 5.74) is 2.31. The number of nitrogens with one attached hydrogen (secondary N) is 1. The third-order valence-corrected chi connectivity index (χ3v) is 7.43. The Morgan fingerprint density at radius 1 is 1.20 bits per heavy atom. The molecule has 254 valence electrons. The first kappa shape index (κ1) is 38.6. The molecule has 1 aliphatic carbocycles. The van der Waals surface area contributed by atoms with Gasteiger partial charge in [0.25, 0.3) is 0 Å². The van der Waals surface area contributed by atoms with Crippen molar-refractivity contribution >= 4 is 17.7 Å². The van der Waals surface area contributed by atoms with Crippen LogP contribution in [0.3, 0.4) is 0 Å². The first-order chi connectivity index (χ1) is 22.3. The van der Waals surface area contributed by atoms with Crippen LogP contribution in [0.2, 0.25) is 0 Å². The lowest BCUT2D eigenvalue weighted by Gasteiger charge is -2.32. The van der Waals surface area contributed by atoms with Gasteiger partial charge < -0.3 is 10.1 Å². The number of likely N-dealkylation sites (N-methyl/N-ethyl adjacent to an activating group) is 1. The number of hydrogen-bond donors (Lipinski definition) is 1. The van der Waals surface area contributed by atoms with Gasteiger partial charge in [0.05, 0.1) is 30.3 Å². The lowest BCUT2D eigenvalue weighted by molar-refractivity contribution is -0.137. The van der Waals surface area contributed by atoms with E-state index in [1.54, 1.807) is 6.08 Å². The molecule has 11 heteroatoms. The van der Waals surface area contributed by atoms with Gasteiger partial charge in [-0.05, 0) is 56.9 Å². The third kappa shape index (κ3) is 12.0. The Kier molecular flexibility index (Phi) is 17.2. The molecule has 2 unspecified atom stereocenters. The van der Waals surface area contributed by atoms with E-state index in [4.69, 9.17) is 4.74 Å². The second kappa shape index (κ2) is 20.5. The van der Waals surface area contributed by atoms with Crippen molar-refractivity contribution in [2.45, 2.75) is 84.7 Å². The zero-order valence-corrected chi connectivity index (χ0v) is 28.0. The predicted octanol–water partition coefficient (Wildman–Crippen LogP) is 6.97. The highest BCUT2D eigenvalue weighted by Crippen LogP contribution is 2.33. The third-order valence-electron chi connectivity index (χ3n) is 7.43. The number of pyridine rings is 1. The SMILES string of the molecule is C=C/C(Cc1ccc(C(F)(F)F)cn1)=N\N(C)C[C@@H]1CCCN1.CC.CC.O=CC1=NN2CCCOC2C1C1=CC/C=C\C=C/C1. The zero-order valence-electron chi connectivity index (χ0n) is 28.0. The van der Waals surface area contributed by atoms with Gasteiger partial charge in [0.1, 0.15) is 5.71 Å². The van der Waals surface area contributed by atoms with Crippen LogP contribution in [0.1, 0.15) is 71.1 Å². The molecule has 0 bridgehead atoms. The maximum absolute atomic E-state index is 12.5. The van der Waals surface area contributed by atoms with Crippen molar-refractivity contribution in [1.82, 2.24) is 20.3 Å². The Balaban J connectivity index is 0.000000292. The fourth-order valence-electron chi connectivity index (χ4n) is 5.36. The maximum Gasteiger partial charge on any atom is 0.417 e. The van der Waals surface area contributed by atoms with Crippen molar-refractivity contribution in [3.05, 3.63) is 78.2 Å². The van der Waals surface area contributed by atoms with Crippen LogP contribution >= 0.6 is 0 Å². The molecule has 8 nitrogen and oxygen atoms in total. The number of ether oxygens (including phenoxy) is 1. The van der Waals surface area contributed by atoms with Crippen molar-refractivity contribution in [2.75, 3.05) is 33.3 Å². The van der Waals surface area contributed by atoms with Crippen LogP contribution < -0.4 is 5.32 Å². The van der Waals surface area contributed by atoms with Gasteiger partial charge in [0.2, 0.25) is 0 Å². The lowest BCUT2D eigenvalue weighted by atomic mass is 9.89. The van der Waals surface area contributed by atoms with E-state index in [0.29, 0.717) is 29.6 Å². The van der Waals surface area contributed by atoms with E-state index in [9.17, 15) is 18.0 Å². The van der Waals surface area contributed by atoms with Crippen LogP contribution in [0.4, 0.5) is 13.2 Å². The number of rotatable bonds is 8. The monoisotopic (exact) mass is 644 g/mol.